The van der Waals surface area contributed by atoms with E-state index in [0.717, 1.165) is 28.3 Å². The van der Waals surface area contributed by atoms with Crippen LogP contribution in [0.5, 0.6) is 0 Å². The molecule has 2 aromatic rings. The van der Waals surface area contributed by atoms with Crippen molar-refractivity contribution < 1.29 is 0 Å². The highest BCUT2D eigenvalue weighted by Crippen LogP contribution is 2.37. The molecule has 17 heavy (non-hydrogen) atoms. The predicted octanol–water partition coefficient (Wildman–Crippen LogP) is 2.78. The molecule has 1 fully saturated rings. The quantitative estimate of drug-likeness (QED) is 0.887. The summed E-state index contributed by atoms with van der Waals surface area (Å²) in [5.74, 6) is 0. The number of aromatic nitrogens is 2. The number of hydrogen-bond acceptors (Lipinski definition) is 2. The lowest BCUT2D eigenvalue weighted by Gasteiger charge is -2.08. The van der Waals surface area contributed by atoms with E-state index in [4.69, 9.17) is 17.3 Å². The lowest BCUT2D eigenvalue weighted by atomic mass is 10.1. The second kappa shape index (κ2) is 3.86. The standard InChI is InChI=1S/C13H14ClN3/c1-8-2-3-9(4-10(8)14)13-6-16-7-17(13)12-5-11(12)15/h2-4,6-7,11-12H,5,15H2,1H3. The Labute approximate surface area is 105 Å². The Balaban J connectivity index is 2.03. The van der Waals surface area contributed by atoms with Gasteiger partial charge in [-0.05, 0) is 25.0 Å². The highest BCUT2D eigenvalue weighted by Gasteiger charge is 2.36. The monoisotopic (exact) mass is 247 g/mol. The van der Waals surface area contributed by atoms with E-state index in [1.54, 1.807) is 0 Å². The molecule has 2 atom stereocenters. The number of aryl methyl sites for hydroxylation is 1. The van der Waals surface area contributed by atoms with Crippen LogP contribution in [0.4, 0.5) is 0 Å². The second-order valence-electron chi connectivity index (χ2n) is 4.62. The van der Waals surface area contributed by atoms with Crippen LogP contribution in [-0.4, -0.2) is 15.6 Å². The Morgan fingerprint density at radius 1 is 1.47 bits per heavy atom. The van der Waals surface area contributed by atoms with Crippen LogP contribution >= 0.6 is 11.6 Å². The molecule has 88 valence electrons. The van der Waals surface area contributed by atoms with Crippen molar-refractivity contribution in [2.45, 2.75) is 25.4 Å². The highest BCUT2D eigenvalue weighted by atomic mass is 35.5. The number of nitrogens with two attached hydrogens (primary N) is 1. The first-order valence-corrected chi connectivity index (χ1v) is 6.08. The molecule has 2 N–H and O–H groups in total. The summed E-state index contributed by atoms with van der Waals surface area (Å²) < 4.78 is 2.14. The number of nitrogens with zero attached hydrogens (tertiary/aromatic N) is 2. The fourth-order valence-electron chi connectivity index (χ4n) is 2.06. The molecule has 3 nitrogen and oxygen atoms in total. The number of imidazole rings is 1. The molecule has 1 aromatic carbocycles. The second-order valence-corrected chi connectivity index (χ2v) is 5.02. The highest BCUT2D eigenvalue weighted by molar-refractivity contribution is 6.31. The molecule has 0 aliphatic heterocycles. The van der Waals surface area contributed by atoms with Gasteiger partial charge in [-0.15, -0.1) is 0 Å². The minimum atomic E-state index is 0.267. The molecule has 1 aliphatic carbocycles. The van der Waals surface area contributed by atoms with Crippen LogP contribution in [0, 0.1) is 6.92 Å². The van der Waals surface area contributed by atoms with Crippen molar-refractivity contribution in [2.24, 2.45) is 5.73 Å². The van der Waals surface area contributed by atoms with Crippen molar-refractivity contribution in [3.05, 3.63) is 41.3 Å². The Hall–Kier alpha value is -1.32. The number of hydrogen-bond donors (Lipinski definition) is 1. The zero-order chi connectivity index (χ0) is 12.0. The van der Waals surface area contributed by atoms with Crippen LogP contribution in [0.25, 0.3) is 11.3 Å². The van der Waals surface area contributed by atoms with E-state index in [-0.39, 0.29) is 6.04 Å². The lowest BCUT2D eigenvalue weighted by molar-refractivity contribution is 0.718. The molecule has 1 aliphatic rings. The van der Waals surface area contributed by atoms with Crippen LogP contribution in [0.3, 0.4) is 0 Å². The molecule has 0 spiro atoms. The van der Waals surface area contributed by atoms with Gasteiger partial charge in [0.1, 0.15) is 0 Å². The van der Waals surface area contributed by atoms with Crippen LogP contribution < -0.4 is 5.73 Å². The van der Waals surface area contributed by atoms with Gasteiger partial charge in [-0.2, -0.15) is 0 Å². The van der Waals surface area contributed by atoms with Gasteiger partial charge >= 0.3 is 0 Å². The predicted molar refractivity (Wildman–Crippen MR) is 69.0 cm³/mol. The topological polar surface area (TPSA) is 43.8 Å². The van der Waals surface area contributed by atoms with Crippen molar-refractivity contribution >= 4 is 11.6 Å². The Bertz CT molecular complexity index is 562. The van der Waals surface area contributed by atoms with E-state index in [1.807, 2.05) is 31.6 Å². The third-order valence-corrected chi connectivity index (χ3v) is 3.70. The van der Waals surface area contributed by atoms with E-state index in [2.05, 4.69) is 15.6 Å². The summed E-state index contributed by atoms with van der Waals surface area (Å²) in [7, 11) is 0. The molecular weight excluding hydrogens is 234 g/mol. The third-order valence-electron chi connectivity index (χ3n) is 3.30. The number of benzene rings is 1. The molecule has 4 heteroatoms. The summed E-state index contributed by atoms with van der Waals surface area (Å²) >= 11 is 6.15. The molecule has 0 amide bonds. The lowest BCUT2D eigenvalue weighted by Crippen LogP contribution is -2.06. The molecule has 0 bridgehead atoms. The normalized spacial score (nSPS) is 22.8. The first-order chi connectivity index (χ1) is 8.16. The van der Waals surface area contributed by atoms with E-state index >= 15 is 0 Å². The van der Waals surface area contributed by atoms with E-state index < -0.39 is 0 Å². The maximum atomic E-state index is 6.15. The van der Waals surface area contributed by atoms with Gasteiger partial charge in [0.15, 0.2) is 0 Å². The van der Waals surface area contributed by atoms with E-state index in [0.29, 0.717) is 6.04 Å². The average Bonchev–Trinajstić information content (AvgIpc) is 2.85. The van der Waals surface area contributed by atoms with Gasteiger partial charge in [0.25, 0.3) is 0 Å². The van der Waals surface area contributed by atoms with Crippen LogP contribution in [0.1, 0.15) is 18.0 Å². The smallest absolute Gasteiger partial charge is 0.0954 e. The van der Waals surface area contributed by atoms with Gasteiger partial charge in [0.2, 0.25) is 0 Å². The summed E-state index contributed by atoms with van der Waals surface area (Å²) in [5.41, 5.74) is 9.15. The summed E-state index contributed by atoms with van der Waals surface area (Å²) in [4.78, 5) is 4.21. The molecule has 0 radical (unpaired) electrons. The van der Waals surface area contributed by atoms with Crippen LogP contribution in [0.15, 0.2) is 30.7 Å². The minimum Gasteiger partial charge on any atom is -0.326 e. The van der Waals surface area contributed by atoms with E-state index in [9.17, 15) is 0 Å². The summed E-state index contributed by atoms with van der Waals surface area (Å²) in [6.45, 7) is 2.00. The molecule has 1 saturated carbocycles. The van der Waals surface area contributed by atoms with Crippen LogP contribution in [0.2, 0.25) is 5.02 Å². The fourth-order valence-corrected chi connectivity index (χ4v) is 2.25. The minimum absolute atomic E-state index is 0.267. The SMILES string of the molecule is Cc1ccc(-c2cncn2C2CC2N)cc1Cl. The van der Waals surface area contributed by atoms with Crippen LogP contribution in [-0.2, 0) is 0 Å². The summed E-state index contributed by atoms with van der Waals surface area (Å²) in [6.07, 6.45) is 4.75. The average molecular weight is 248 g/mol. The maximum Gasteiger partial charge on any atom is 0.0954 e. The Morgan fingerprint density at radius 2 is 2.24 bits per heavy atom. The molecule has 2 unspecified atom stereocenters. The van der Waals surface area contributed by atoms with Gasteiger partial charge in [-0.25, -0.2) is 4.98 Å². The third kappa shape index (κ3) is 1.85. The summed E-state index contributed by atoms with van der Waals surface area (Å²) in [5, 5.41) is 0.787. The molecule has 1 aromatic heterocycles. The van der Waals surface area contributed by atoms with Gasteiger partial charge < -0.3 is 10.3 Å². The maximum absolute atomic E-state index is 6.15. The number of halogens is 1. The zero-order valence-corrected chi connectivity index (χ0v) is 10.4. The largest absolute Gasteiger partial charge is 0.326 e. The van der Waals surface area contributed by atoms with Crippen molar-refractivity contribution in [2.75, 3.05) is 0 Å². The van der Waals surface area contributed by atoms with Gasteiger partial charge in [0.05, 0.1) is 24.3 Å². The van der Waals surface area contributed by atoms with Gasteiger partial charge in [0, 0.05) is 16.6 Å². The Morgan fingerprint density at radius 3 is 2.88 bits per heavy atom. The molecule has 3 rings (SSSR count). The van der Waals surface area contributed by atoms with Gasteiger partial charge in [-0.3, -0.25) is 0 Å². The number of rotatable bonds is 2. The first-order valence-electron chi connectivity index (χ1n) is 5.71. The fraction of sp³-hybridized carbons (Fsp3) is 0.308. The molecule has 0 saturated heterocycles. The van der Waals surface area contributed by atoms with Crippen molar-refractivity contribution in [3.8, 4) is 11.3 Å². The molecule has 1 heterocycles. The van der Waals surface area contributed by atoms with E-state index in [1.165, 1.54) is 0 Å². The zero-order valence-electron chi connectivity index (χ0n) is 9.60. The van der Waals surface area contributed by atoms with Crippen molar-refractivity contribution in [1.82, 2.24) is 9.55 Å². The first kappa shape index (κ1) is 10.8. The van der Waals surface area contributed by atoms with Gasteiger partial charge in [-0.1, -0.05) is 23.7 Å². The molecular formula is C13H14ClN3. The van der Waals surface area contributed by atoms with Crippen molar-refractivity contribution in [3.63, 3.8) is 0 Å². The summed E-state index contributed by atoms with van der Waals surface area (Å²) in [6, 6.07) is 6.75. The van der Waals surface area contributed by atoms with Crippen molar-refractivity contribution in [1.29, 1.82) is 0 Å². The Kier molecular flexibility index (Phi) is 2.45.